The summed E-state index contributed by atoms with van der Waals surface area (Å²) in [5.41, 5.74) is 1.35. The Morgan fingerprint density at radius 3 is 2.59 bits per heavy atom. The summed E-state index contributed by atoms with van der Waals surface area (Å²) >= 11 is 5.97. The summed E-state index contributed by atoms with van der Waals surface area (Å²) in [4.78, 5) is 12.8. The van der Waals surface area contributed by atoms with Gasteiger partial charge in [0, 0.05) is 11.1 Å². The van der Waals surface area contributed by atoms with Crippen molar-refractivity contribution in [2.24, 2.45) is 0 Å². The summed E-state index contributed by atoms with van der Waals surface area (Å²) in [6, 6.07) is 9.47. The number of carbonyl (C=O) groups is 1. The molecule has 22 heavy (non-hydrogen) atoms. The third kappa shape index (κ3) is 2.88. The topological polar surface area (TPSA) is 55.1 Å². The molecule has 1 amide bonds. The van der Waals surface area contributed by atoms with Crippen LogP contribution in [-0.4, -0.2) is 11.1 Å². The molecule has 1 N–H and O–H groups in total. The largest absolute Gasteiger partial charge is 0.361 e. The van der Waals surface area contributed by atoms with Crippen LogP contribution in [0.2, 0.25) is 5.02 Å². The van der Waals surface area contributed by atoms with Gasteiger partial charge in [-0.3, -0.25) is 4.79 Å². The van der Waals surface area contributed by atoms with E-state index in [1.807, 2.05) is 37.3 Å². The number of hydrogen-bond acceptors (Lipinski definition) is 3. The van der Waals surface area contributed by atoms with E-state index in [9.17, 15) is 4.79 Å². The Kier molecular flexibility index (Phi) is 4.21. The number of aryl methyl sites for hydroxylation is 1. The van der Waals surface area contributed by atoms with Gasteiger partial charge in [0.05, 0.1) is 12.0 Å². The van der Waals surface area contributed by atoms with Gasteiger partial charge in [0.2, 0.25) is 5.91 Å². The summed E-state index contributed by atoms with van der Waals surface area (Å²) in [6.45, 7) is 2.23. The Labute approximate surface area is 134 Å². The van der Waals surface area contributed by atoms with Crippen molar-refractivity contribution < 1.29 is 9.32 Å². The number of nitrogens with one attached hydrogen (secondary N) is 1. The van der Waals surface area contributed by atoms with Gasteiger partial charge < -0.3 is 9.84 Å². The molecule has 3 rings (SSSR count). The molecule has 0 radical (unpaired) electrons. The first-order chi connectivity index (χ1) is 10.6. The van der Waals surface area contributed by atoms with Gasteiger partial charge in [-0.15, -0.1) is 0 Å². The minimum absolute atomic E-state index is 0.0629. The SMILES string of the molecule is Cc1cc(CNC(=O)C2(c3ccc(Cl)cc3)CCCC2)no1. The number of rotatable bonds is 4. The van der Waals surface area contributed by atoms with Crippen LogP contribution >= 0.6 is 11.6 Å². The number of carbonyl (C=O) groups excluding carboxylic acids is 1. The quantitative estimate of drug-likeness (QED) is 0.933. The zero-order chi connectivity index (χ0) is 15.6. The zero-order valence-electron chi connectivity index (χ0n) is 12.6. The van der Waals surface area contributed by atoms with Gasteiger partial charge in [0.25, 0.3) is 0 Å². The van der Waals surface area contributed by atoms with Crippen LogP contribution in [0.4, 0.5) is 0 Å². The highest BCUT2D eigenvalue weighted by Crippen LogP contribution is 2.41. The van der Waals surface area contributed by atoms with Crippen molar-refractivity contribution in [2.75, 3.05) is 0 Å². The Bertz CT molecular complexity index is 658. The standard InChI is InChI=1S/C17H19ClN2O2/c1-12-10-15(20-22-12)11-19-16(21)17(8-2-3-9-17)13-4-6-14(18)7-5-13/h4-7,10H,2-3,8-9,11H2,1H3,(H,19,21). The molecule has 1 aliphatic carbocycles. The molecule has 1 saturated carbocycles. The van der Waals surface area contributed by atoms with Crippen molar-refractivity contribution >= 4 is 17.5 Å². The van der Waals surface area contributed by atoms with Crippen molar-refractivity contribution in [3.63, 3.8) is 0 Å². The second kappa shape index (κ2) is 6.13. The fraction of sp³-hybridized carbons (Fsp3) is 0.412. The summed E-state index contributed by atoms with van der Waals surface area (Å²) in [6.07, 6.45) is 3.88. The third-order valence-corrected chi connectivity index (χ3v) is 4.65. The van der Waals surface area contributed by atoms with Crippen LogP contribution in [0.5, 0.6) is 0 Å². The van der Waals surface area contributed by atoms with Crippen LogP contribution in [0.15, 0.2) is 34.9 Å². The van der Waals surface area contributed by atoms with Crippen LogP contribution in [0.1, 0.15) is 42.7 Å². The lowest BCUT2D eigenvalue weighted by Crippen LogP contribution is -2.42. The molecule has 0 saturated heterocycles. The molecule has 116 valence electrons. The Balaban J connectivity index is 1.78. The first-order valence-electron chi connectivity index (χ1n) is 7.57. The summed E-state index contributed by atoms with van der Waals surface area (Å²) < 4.78 is 5.03. The van der Waals surface area contributed by atoms with E-state index >= 15 is 0 Å². The lowest BCUT2D eigenvalue weighted by molar-refractivity contribution is -0.126. The van der Waals surface area contributed by atoms with Gasteiger partial charge in [0.15, 0.2) is 0 Å². The van der Waals surface area contributed by atoms with E-state index in [1.165, 1.54) is 0 Å². The molecule has 0 spiro atoms. The Hall–Kier alpha value is -1.81. The van der Waals surface area contributed by atoms with E-state index in [0.29, 0.717) is 11.6 Å². The lowest BCUT2D eigenvalue weighted by atomic mass is 9.78. The van der Waals surface area contributed by atoms with Crippen LogP contribution in [-0.2, 0) is 16.8 Å². The summed E-state index contributed by atoms with van der Waals surface area (Å²) in [5, 5.41) is 7.62. The van der Waals surface area contributed by atoms with Crippen molar-refractivity contribution in [1.82, 2.24) is 10.5 Å². The predicted octanol–water partition coefficient (Wildman–Crippen LogP) is 3.76. The second-order valence-electron chi connectivity index (χ2n) is 5.91. The first kappa shape index (κ1) is 15.1. The third-order valence-electron chi connectivity index (χ3n) is 4.40. The van der Waals surface area contributed by atoms with Crippen molar-refractivity contribution in [2.45, 2.75) is 44.6 Å². The van der Waals surface area contributed by atoms with Gasteiger partial charge in [-0.1, -0.05) is 41.7 Å². The highest BCUT2D eigenvalue weighted by Gasteiger charge is 2.42. The van der Waals surface area contributed by atoms with Gasteiger partial charge >= 0.3 is 0 Å². The van der Waals surface area contributed by atoms with Crippen LogP contribution < -0.4 is 5.32 Å². The smallest absolute Gasteiger partial charge is 0.230 e. The molecule has 0 atom stereocenters. The number of benzene rings is 1. The normalized spacial score (nSPS) is 16.6. The number of nitrogens with zero attached hydrogens (tertiary/aromatic N) is 1. The molecule has 0 unspecified atom stereocenters. The van der Waals surface area contributed by atoms with Gasteiger partial charge in [0.1, 0.15) is 11.5 Å². The van der Waals surface area contributed by atoms with Crippen molar-refractivity contribution in [3.05, 3.63) is 52.4 Å². The molecule has 0 bridgehead atoms. The van der Waals surface area contributed by atoms with Gasteiger partial charge in [-0.2, -0.15) is 0 Å². The van der Waals surface area contributed by atoms with Crippen molar-refractivity contribution in [1.29, 1.82) is 0 Å². The van der Waals surface area contributed by atoms with Gasteiger partial charge in [-0.05, 0) is 37.5 Å². The summed E-state index contributed by atoms with van der Waals surface area (Å²) in [5.74, 6) is 0.811. The second-order valence-corrected chi connectivity index (χ2v) is 6.34. The van der Waals surface area contributed by atoms with E-state index in [0.717, 1.165) is 42.7 Å². The number of aromatic nitrogens is 1. The zero-order valence-corrected chi connectivity index (χ0v) is 13.3. The fourth-order valence-electron chi connectivity index (χ4n) is 3.24. The average molecular weight is 319 g/mol. The first-order valence-corrected chi connectivity index (χ1v) is 7.94. The Morgan fingerprint density at radius 1 is 1.32 bits per heavy atom. The molecule has 2 aromatic rings. The maximum Gasteiger partial charge on any atom is 0.230 e. The molecule has 1 aliphatic rings. The number of amides is 1. The number of hydrogen-bond donors (Lipinski definition) is 1. The molecular formula is C17H19ClN2O2. The molecule has 0 aliphatic heterocycles. The Morgan fingerprint density at radius 2 is 2.00 bits per heavy atom. The highest BCUT2D eigenvalue weighted by atomic mass is 35.5. The van der Waals surface area contributed by atoms with E-state index in [4.69, 9.17) is 16.1 Å². The van der Waals surface area contributed by atoms with E-state index in [1.54, 1.807) is 0 Å². The average Bonchev–Trinajstić information content (AvgIpc) is 3.15. The van der Waals surface area contributed by atoms with Crippen molar-refractivity contribution in [3.8, 4) is 0 Å². The molecular weight excluding hydrogens is 300 g/mol. The molecule has 4 nitrogen and oxygen atoms in total. The molecule has 5 heteroatoms. The van der Waals surface area contributed by atoms with E-state index in [2.05, 4.69) is 10.5 Å². The molecule has 1 heterocycles. The number of halogens is 1. The van der Waals surface area contributed by atoms with E-state index < -0.39 is 5.41 Å². The summed E-state index contributed by atoms with van der Waals surface area (Å²) in [7, 11) is 0. The minimum Gasteiger partial charge on any atom is -0.361 e. The van der Waals surface area contributed by atoms with Gasteiger partial charge in [-0.25, -0.2) is 0 Å². The molecule has 1 aromatic heterocycles. The monoisotopic (exact) mass is 318 g/mol. The minimum atomic E-state index is -0.441. The lowest BCUT2D eigenvalue weighted by Gasteiger charge is -2.28. The van der Waals surface area contributed by atoms with Crippen LogP contribution in [0.25, 0.3) is 0 Å². The molecule has 1 aromatic carbocycles. The van der Waals surface area contributed by atoms with E-state index in [-0.39, 0.29) is 5.91 Å². The highest BCUT2D eigenvalue weighted by molar-refractivity contribution is 6.30. The maximum atomic E-state index is 12.8. The molecule has 1 fully saturated rings. The maximum absolute atomic E-state index is 12.8. The fourth-order valence-corrected chi connectivity index (χ4v) is 3.36. The van der Waals surface area contributed by atoms with Crippen LogP contribution in [0, 0.1) is 6.92 Å². The van der Waals surface area contributed by atoms with Crippen LogP contribution in [0.3, 0.4) is 0 Å². The predicted molar refractivity (Wildman–Crippen MR) is 84.7 cm³/mol.